The average Bonchev–Trinajstić information content (AvgIpc) is 2.37. The van der Waals surface area contributed by atoms with Gasteiger partial charge in [-0.3, -0.25) is 4.79 Å². The van der Waals surface area contributed by atoms with E-state index in [9.17, 15) is 15.0 Å². The highest BCUT2D eigenvalue weighted by atomic mass is 16.5. The molecule has 92 valence electrons. The summed E-state index contributed by atoms with van der Waals surface area (Å²) in [5.41, 5.74) is 0.255. The van der Waals surface area contributed by atoms with Crippen molar-refractivity contribution in [3.8, 4) is 11.7 Å². The molecule has 4 rings (SSSR count). The molecule has 4 heteroatoms. The van der Waals surface area contributed by atoms with E-state index in [0.29, 0.717) is 16.4 Å². The summed E-state index contributed by atoms with van der Waals surface area (Å²) >= 11 is 0. The van der Waals surface area contributed by atoms with E-state index < -0.39 is 0 Å². The Hall–Kier alpha value is -2.75. The lowest BCUT2D eigenvalue weighted by molar-refractivity contribution is 0.341. The zero-order valence-electron chi connectivity index (χ0n) is 9.68. The van der Waals surface area contributed by atoms with Crippen LogP contribution in [0.15, 0.2) is 45.6 Å². The summed E-state index contributed by atoms with van der Waals surface area (Å²) in [6, 6.07) is 9.60. The number of phenolic OH excluding ortho intramolecular Hbond substituents is 1. The average molecular weight is 252 g/mol. The molecular formula is C15H8O4. The lowest BCUT2D eigenvalue weighted by atomic mass is 9.96. The predicted molar refractivity (Wildman–Crippen MR) is 72.0 cm³/mol. The van der Waals surface area contributed by atoms with Gasteiger partial charge in [0.05, 0.1) is 5.39 Å². The van der Waals surface area contributed by atoms with Gasteiger partial charge in [-0.25, -0.2) is 0 Å². The number of benzene rings is 3. The van der Waals surface area contributed by atoms with Crippen LogP contribution in [0.3, 0.4) is 0 Å². The van der Waals surface area contributed by atoms with E-state index in [1.807, 2.05) is 0 Å². The van der Waals surface area contributed by atoms with Crippen molar-refractivity contribution < 1.29 is 14.6 Å². The quantitative estimate of drug-likeness (QED) is 0.472. The molecule has 0 aliphatic rings. The van der Waals surface area contributed by atoms with Crippen LogP contribution >= 0.6 is 0 Å². The Morgan fingerprint density at radius 2 is 1.63 bits per heavy atom. The van der Waals surface area contributed by atoms with Crippen LogP contribution in [-0.4, -0.2) is 10.2 Å². The smallest absolute Gasteiger partial charge is 0.282 e. The Labute approximate surface area is 106 Å². The first-order valence-electron chi connectivity index (χ1n) is 5.79. The highest BCUT2D eigenvalue weighted by Crippen LogP contribution is 2.39. The van der Waals surface area contributed by atoms with Gasteiger partial charge < -0.3 is 14.6 Å². The molecule has 0 saturated heterocycles. The molecule has 19 heavy (non-hydrogen) atoms. The fourth-order valence-corrected chi connectivity index (χ4v) is 2.69. The molecule has 0 radical (unpaired) electrons. The Morgan fingerprint density at radius 3 is 2.47 bits per heavy atom. The summed E-state index contributed by atoms with van der Waals surface area (Å²) in [5, 5.41) is 22.8. The monoisotopic (exact) mass is 252 g/mol. The molecule has 0 saturated carbocycles. The van der Waals surface area contributed by atoms with Crippen molar-refractivity contribution >= 4 is 32.5 Å². The molecule has 0 fully saturated rings. The normalized spacial score (nSPS) is 11.8. The van der Waals surface area contributed by atoms with Gasteiger partial charge in [0, 0.05) is 16.8 Å². The van der Waals surface area contributed by atoms with E-state index in [0.717, 1.165) is 10.8 Å². The van der Waals surface area contributed by atoms with Crippen molar-refractivity contribution in [2.45, 2.75) is 0 Å². The number of phenols is 1. The largest absolute Gasteiger partial charge is 0.507 e. The van der Waals surface area contributed by atoms with Gasteiger partial charge in [0.2, 0.25) is 0 Å². The van der Waals surface area contributed by atoms with E-state index >= 15 is 0 Å². The summed E-state index contributed by atoms with van der Waals surface area (Å²) in [5.74, 6) is -0.311. The highest BCUT2D eigenvalue weighted by molar-refractivity contribution is 6.23. The molecule has 3 aromatic carbocycles. The van der Waals surface area contributed by atoms with Crippen LogP contribution < -0.4 is 5.43 Å². The second kappa shape index (κ2) is 3.17. The minimum atomic E-state index is -0.229. The van der Waals surface area contributed by atoms with Crippen molar-refractivity contribution in [2.24, 2.45) is 0 Å². The molecule has 0 unspecified atom stereocenters. The van der Waals surface area contributed by atoms with Crippen LogP contribution in [0, 0.1) is 0 Å². The van der Waals surface area contributed by atoms with Gasteiger partial charge in [-0.1, -0.05) is 12.1 Å². The van der Waals surface area contributed by atoms with Crippen molar-refractivity contribution in [1.29, 1.82) is 0 Å². The Morgan fingerprint density at radius 1 is 0.842 bits per heavy atom. The molecule has 0 aliphatic heterocycles. The second-order valence-electron chi connectivity index (χ2n) is 4.55. The standard InChI is InChI=1S/C15H8O4/c16-9-3-1-7-2-4-11-13-8(6-12(18)19-11)5-10(17)15(9)14(7)13/h1-6,17-18H. The van der Waals surface area contributed by atoms with Crippen LogP contribution in [0.5, 0.6) is 11.7 Å². The van der Waals surface area contributed by atoms with Gasteiger partial charge in [-0.15, -0.1) is 0 Å². The number of aromatic hydroxyl groups is 2. The Kier molecular flexibility index (Phi) is 1.70. The molecule has 1 aromatic heterocycles. The third-order valence-corrected chi connectivity index (χ3v) is 3.44. The summed E-state index contributed by atoms with van der Waals surface area (Å²) in [7, 11) is 0. The molecule has 0 spiro atoms. The summed E-state index contributed by atoms with van der Waals surface area (Å²) < 4.78 is 5.26. The van der Waals surface area contributed by atoms with Gasteiger partial charge in [0.25, 0.3) is 5.95 Å². The van der Waals surface area contributed by atoms with Crippen LogP contribution in [0.4, 0.5) is 0 Å². The maximum absolute atomic E-state index is 11.9. The topological polar surface area (TPSA) is 70.7 Å². The predicted octanol–water partition coefficient (Wildman–Crippen LogP) is 2.95. The van der Waals surface area contributed by atoms with E-state index in [2.05, 4.69) is 0 Å². The first kappa shape index (κ1) is 10.2. The van der Waals surface area contributed by atoms with Crippen molar-refractivity contribution in [2.75, 3.05) is 0 Å². The number of hydrogen-bond acceptors (Lipinski definition) is 4. The summed E-state index contributed by atoms with van der Waals surface area (Å²) in [4.78, 5) is 11.9. The van der Waals surface area contributed by atoms with Gasteiger partial charge in [-0.05, 0) is 29.0 Å². The zero-order chi connectivity index (χ0) is 13.1. The van der Waals surface area contributed by atoms with Crippen molar-refractivity contribution in [1.82, 2.24) is 0 Å². The summed E-state index contributed by atoms with van der Waals surface area (Å²) in [6.45, 7) is 0. The maximum Gasteiger partial charge on any atom is 0.282 e. The minimum absolute atomic E-state index is 0.0822. The lowest BCUT2D eigenvalue weighted by Gasteiger charge is -2.10. The van der Waals surface area contributed by atoms with Crippen molar-refractivity contribution in [3.05, 3.63) is 46.6 Å². The first-order chi connectivity index (χ1) is 9.15. The van der Waals surface area contributed by atoms with Crippen LogP contribution in [0.1, 0.15) is 0 Å². The van der Waals surface area contributed by atoms with Gasteiger partial charge in [0.15, 0.2) is 5.43 Å². The molecule has 0 aliphatic carbocycles. The zero-order valence-corrected chi connectivity index (χ0v) is 9.68. The van der Waals surface area contributed by atoms with E-state index in [1.165, 1.54) is 18.2 Å². The van der Waals surface area contributed by atoms with Crippen molar-refractivity contribution in [3.63, 3.8) is 0 Å². The lowest BCUT2D eigenvalue weighted by Crippen LogP contribution is -2.00. The molecule has 0 bridgehead atoms. The summed E-state index contributed by atoms with van der Waals surface area (Å²) in [6.07, 6.45) is 0. The fourth-order valence-electron chi connectivity index (χ4n) is 2.69. The number of rotatable bonds is 0. The third-order valence-electron chi connectivity index (χ3n) is 3.44. The molecule has 0 atom stereocenters. The van der Waals surface area contributed by atoms with Crippen LogP contribution in [0.25, 0.3) is 32.5 Å². The SMILES string of the molecule is O=c1ccc2ccc3oc(O)cc4cc(O)c1c2c43. The van der Waals surface area contributed by atoms with Crippen LogP contribution in [-0.2, 0) is 0 Å². The molecule has 0 amide bonds. The number of hydrogen-bond donors (Lipinski definition) is 2. The minimum Gasteiger partial charge on any atom is -0.507 e. The molecule has 4 aromatic rings. The van der Waals surface area contributed by atoms with Gasteiger partial charge in [-0.2, -0.15) is 0 Å². The highest BCUT2D eigenvalue weighted by Gasteiger charge is 2.15. The molecular weight excluding hydrogens is 244 g/mol. The first-order valence-corrected chi connectivity index (χ1v) is 5.79. The molecule has 1 heterocycles. The van der Waals surface area contributed by atoms with E-state index in [1.54, 1.807) is 18.2 Å². The third kappa shape index (κ3) is 1.20. The second-order valence-corrected chi connectivity index (χ2v) is 4.55. The maximum atomic E-state index is 11.9. The fraction of sp³-hybridized carbons (Fsp3) is 0. The molecule has 2 N–H and O–H groups in total. The van der Waals surface area contributed by atoms with E-state index in [-0.39, 0.29) is 22.5 Å². The van der Waals surface area contributed by atoms with Gasteiger partial charge >= 0.3 is 0 Å². The Bertz CT molecular complexity index is 998. The Balaban J connectivity index is 2.50. The van der Waals surface area contributed by atoms with E-state index in [4.69, 9.17) is 4.42 Å². The van der Waals surface area contributed by atoms with Crippen LogP contribution in [0.2, 0.25) is 0 Å². The van der Waals surface area contributed by atoms with Gasteiger partial charge in [0.1, 0.15) is 11.3 Å². The molecule has 4 nitrogen and oxygen atoms in total.